The average Bonchev–Trinajstić information content (AvgIpc) is 2.67. The van der Waals surface area contributed by atoms with Crippen molar-refractivity contribution in [1.82, 2.24) is 4.98 Å². The quantitative estimate of drug-likeness (QED) is 0.688. The molecule has 1 aromatic heterocycles. The highest BCUT2D eigenvalue weighted by atomic mass is 35.5. The van der Waals surface area contributed by atoms with E-state index in [0.717, 1.165) is 11.1 Å². The molecule has 0 unspecified atom stereocenters. The summed E-state index contributed by atoms with van der Waals surface area (Å²) in [5, 5.41) is 13.6. The molecule has 0 bridgehead atoms. The molecular formula is C20H18ClN3O3. The van der Waals surface area contributed by atoms with Gasteiger partial charge in [-0.25, -0.2) is 0 Å². The summed E-state index contributed by atoms with van der Waals surface area (Å²) in [6.07, 6.45) is 0. The SMILES string of the molecule is COc1cc2[nH]c(=O)c([C@H](C)Nc3ccc(C#N)c(OC)c3)cc2cc1Cl. The van der Waals surface area contributed by atoms with Crippen LogP contribution in [0.2, 0.25) is 5.02 Å². The van der Waals surface area contributed by atoms with Crippen molar-refractivity contribution in [1.29, 1.82) is 5.26 Å². The van der Waals surface area contributed by atoms with E-state index < -0.39 is 0 Å². The third-order valence-electron chi connectivity index (χ3n) is 4.32. The summed E-state index contributed by atoms with van der Waals surface area (Å²) in [4.78, 5) is 15.4. The number of aromatic amines is 1. The second kappa shape index (κ2) is 7.60. The van der Waals surface area contributed by atoms with Crippen LogP contribution in [0.1, 0.15) is 24.1 Å². The molecule has 0 spiro atoms. The van der Waals surface area contributed by atoms with E-state index in [4.69, 9.17) is 26.3 Å². The fourth-order valence-electron chi connectivity index (χ4n) is 2.90. The van der Waals surface area contributed by atoms with Gasteiger partial charge >= 0.3 is 0 Å². The van der Waals surface area contributed by atoms with Crippen molar-refractivity contribution in [2.24, 2.45) is 0 Å². The van der Waals surface area contributed by atoms with Crippen LogP contribution >= 0.6 is 11.6 Å². The maximum absolute atomic E-state index is 12.5. The van der Waals surface area contributed by atoms with Gasteiger partial charge in [-0.2, -0.15) is 5.26 Å². The first-order chi connectivity index (χ1) is 13.0. The highest BCUT2D eigenvalue weighted by molar-refractivity contribution is 6.32. The maximum Gasteiger partial charge on any atom is 0.253 e. The summed E-state index contributed by atoms with van der Waals surface area (Å²) in [5.74, 6) is 0.976. The number of nitrogens with one attached hydrogen (secondary N) is 2. The molecule has 27 heavy (non-hydrogen) atoms. The second-order valence-corrected chi connectivity index (χ2v) is 6.43. The Kier molecular flexibility index (Phi) is 5.24. The van der Waals surface area contributed by atoms with E-state index in [9.17, 15) is 4.79 Å². The number of nitrogens with zero attached hydrogens (tertiary/aromatic N) is 1. The van der Waals surface area contributed by atoms with Gasteiger partial charge in [0.05, 0.1) is 36.4 Å². The second-order valence-electron chi connectivity index (χ2n) is 6.02. The number of H-pyrrole nitrogens is 1. The highest BCUT2D eigenvalue weighted by Crippen LogP contribution is 2.30. The number of hydrogen-bond donors (Lipinski definition) is 2. The van der Waals surface area contributed by atoms with Crippen molar-refractivity contribution in [3.8, 4) is 17.6 Å². The number of halogens is 1. The first kappa shape index (κ1) is 18.6. The molecule has 2 N–H and O–H groups in total. The van der Waals surface area contributed by atoms with Crippen LogP contribution in [0.5, 0.6) is 11.5 Å². The predicted octanol–water partition coefficient (Wildman–Crippen LogP) is 4.24. The molecule has 1 heterocycles. The van der Waals surface area contributed by atoms with E-state index in [2.05, 4.69) is 16.4 Å². The van der Waals surface area contributed by atoms with E-state index in [1.54, 1.807) is 36.4 Å². The minimum Gasteiger partial charge on any atom is -0.495 e. The largest absolute Gasteiger partial charge is 0.495 e. The lowest BCUT2D eigenvalue weighted by atomic mass is 10.1. The predicted molar refractivity (Wildman–Crippen MR) is 106 cm³/mol. The summed E-state index contributed by atoms with van der Waals surface area (Å²) in [7, 11) is 3.03. The third-order valence-corrected chi connectivity index (χ3v) is 4.61. The Hall–Kier alpha value is -3.17. The molecule has 7 heteroatoms. The minimum atomic E-state index is -0.281. The summed E-state index contributed by atoms with van der Waals surface area (Å²) in [6, 6.07) is 12.2. The van der Waals surface area contributed by atoms with Crippen molar-refractivity contribution >= 4 is 28.2 Å². The van der Waals surface area contributed by atoms with Gasteiger partial charge in [-0.15, -0.1) is 0 Å². The Morgan fingerprint density at radius 3 is 2.56 bits per heavy atom. The molecule has 0 amide bonds. The summed E-state index contributed by atoms with van der Waals surface area (Å²) in [5.41, 5.74) is 2.20. The topological polar surface area (TPSA) is 87.1 Å². The van der Waals surface area contributed by atoms with Gasteiger partial charge in [0, 0.05) is 28.8 Å². The first-order valence-corrected chi connectivity index (χ1v) is 8.59. The molecule has 0 fully saturated rings. The number of methoxy groups -OCH3 is 2. The molecule has 6 nitrogen and oxygen atoms in total. The van der Waals surface area contributed by atoms with Gasteiger partial charge in [0.25, 0.3) is 5.56 Å². The summed E-state index contributed by atoms with van der Waals surface area (Å²) in [6.45, 7) is 1.88. The maximum atomic E-state index is 12.5. The molecule has 0 aliphatic rings. The van der Waals surface area contributed by atoms with E-state index in [-0.39, 0.29) is 11.6 Å². The van der Waals surface area contributed by atoms with Crippen molar-refractivity contribution in [3.05, 3.63) is 62.9 Å². The number of ether oxygens (including phenoxy) is 2. The molecule has 3 aromatic rings. The number of pyridine rings is 1. The van der Waals surface area contributed by atoms with Gasteiger partial charge in [-0.05, 0) is 31.2 Å². The van der Waals surface area contributed by atoms with Gasteiger partial charge in [0.1, 0.15) is 17.6 Å². The Morgan fingerprint density at radius 2 is 1.89 bits per heavy atom. The van der Waals surface area contributed by atoms with Gasteiger partial charge in [-0.1, -0.05) is 11.6 Å². The van der Waals surface area contributed by atoms with E-state index in [0.29, 0.717) is 33.2 Å². The Morgan fingerprint density at radius 1 is 1.15 bits per heavy atom. The lowest BCUT2D eigenvalue weighted by Gasteiger charge is -2.17. The van der Waals surface area contributed by atoms with Crippen molar-refractivity contribution in [2.75, 3.05) is 19.5 Å². The minimum absolute atomic E-state index is 0.201. The monoisotopic (exact) mass is 383 g/mol. The normalized spacial score (nSPS) is 11.7. The third kappa shape index (κ3) is 3.69. The Labute approximate surface area is 161 Å². The first-order valence-electron chi connectivity index (χ1n) is 8.22. The molecule has 0 saturated heterocycles. The van der Waals surface area contributed by atoms with E-state index in [1.807, 2.05) is 6.92 Å². The highest BCUT2D eigenvalue weighted by Gasteiger charge is 2.14. The molecule has 0 saturated carbocycles. The van der Waals surface area contributed by atoms with E-state index >= 15 is 0 Å². The van der Waals surface area contributed by atoms with Gasteiger partial charge in [-0.3, -0.25) is 4.79 Å². The fourth-order valence-corrected chi connectivity index (χ4v) is 3.15. The fraction of sp³-hybridized carbons (Fsp3) is 0.200. The lowest BCUT2D eigenvalue weighted by molar-refractivity contribution is 0.413. The van der Waals surface area contributed by atoms with Crippen LogP contribution in [-0.4, -0.2) is 19.2 Å². The van der Waals surface area contributed by atoms with Crippen molar-refractivity contribution < 1.29 is 9.47 Å². The Bertz CT molecular complexity index is 1100. The molecule has 2 aromatic carbocycles. The molecule has 1 atom stereocenters. The van der Waals surface area contributed by atoms with E-state index in [1.165, 1.54) is 14.2 Å². The van der Waals surface area contributed by atoms with Crippen LogP contribution < -0.4 is 20.3 Å². The molecule has 3 rings (SSSR count). The van der Waals surface area contributed by atoms with Crippen LogP contribution in [0.15, 0.2) is 41.2 Å². The molecule has 0 aliphatic heterocycles. The molecule has 0 aliphatic carbocycles. The number of nitriles is 1. The zero-order chi connectivity index (χ0) is 19.6. The number of anilines is 1. The number of rotatable bonds is 5. The van der Waals surface area contributed by atoms with Crippen LogP contribution in [-0.2, 0) is 0 Å². The zero-order valence-electron chi connectivity index (χ0n) is 15.1. The molecule has 0 radical (unpaired) electrons. The molecular weight excluding hydrogens is 366 g/mol. The summed E-state index contributed by atoms with van der Waals surface area (Å²) >= 11 is 6.19. The van der Waals surface area contributed by atoms with Gasteiger partial charge in [0.15, 0.2) is 0 Å². The van der Waals surface area contributed by atoms with Gasteiger partial charge in [0.2, 0.25) is 0 Å². The summed E-state index contributed by atoms with van der Waals surface area (Å²) < 4.78 is 10.4. The molecule has 138 valence electrons. The average molecular weight is 384 g/mol. The Balaban J connectivity index is 1.96. The smallest absolute Gasteiger partial charge is 0.253 e. The van der Waals surface area contributed by atoms with Crippen LogP contribution in [0.25, 0.3) is 10.9 Å². The lowest BCUT2D eigenvalue weighted by Crippen LogP contribution is -2.19. The zero-order valence-corrected chi connectivity index (χ0v) is 15.8. The number of hydrogen-bond acceptors (Lipinski definition) is 5. The van der Waals surface area contributed by atoms with Gasteiger partial charge < -0.3 is 19.8 Å². The standard InChI is InChI=1S/C20H18ClN3O3/c1-11(23-14-5-4-12(10-22)18(8-14)26-2)15-6-13-7-16(21)19(27-3)9-17(13)24-20(15)25/h4-9,11,23H,1-3H3,(H,24,25)/t11-/m0/s1. The van der Waals surface area contributed by atoms with Crippen LogP contribution in [0.4, 0.5) is 5.69 Å². The number of benzene rings is 2. The number of aromatic nitrogens is 1. The van der Waals surface area contributed by atoms with Crippen LogP contribution in [0.3, 0.4) is 0 Å². The van der Waals surface area contributed by atoms with Crippen molar-refractivity contribution in [3.63, 3.8) is 0 Å². The number of fused-ring (bicyclic) bond motifs is 1. The van der Waals surface area contributed by atoms with Crippen LogP contribution in [0, 0.1) is 11.3 Å². The van der Waals surface area contributed by atoms with Crippen molar-refractivity contribution in [2.45, 2.75) is 13.0 Å².